The maximum atomic E-state index is 9.80. The molecule has 1 aromatic carbocycles. The van der Waals surface area contributed by atoms with Gasteiger partial charge in [0, 0.05) is 4.90 Å². The quantitative estimate of drug-likeness (QED) is 0.821. The van der Waals surface area contributed by atoms with Crippen LogP contribution in [0.1, 0.15) is 25.7 Å². The van der Waals surface area contributed by atoms with Crippen LogP contribution >= 0.6 is 11.8 Å². The summed E-state index contributed by atoms with van der Waals surface area (Å²) in [6.07, 6.45) is 5.85. The minimum Gasteiger partial charge on any atom is -0.488 e. The molecule has 1 aromatic rings. The van der Waals surface area contributed by atoms with E-state index in [2.05, 4.69) is 18.4 Å². The lowest BCUT2D eigenvalue weighted by molar-refractivity contribution is 0.00685. The third-order valence-corrected chi connectivity index (χ3v) is 3.76. The van der Waals surface area contributed by atoms with Gasteiger partial charge in [-0.1, -0.05) is 6.42 Å². The Morgan fingerprint density at radius 2 is 1.88 bits per heavy atom. The van der Waals surface area contributed by atoms with E-state index in [4.69, 9.17) is 4.74 Å². The SMILES string of the molecule is CSc1ccc(OC2CCCCC2O)cc1. The fourth-order valence-corrected chi connectivity index (χ4v) is 2.45. The van der Waals surface area contributed by atoms with Crippen molar-refractivity contribution in [3.8, 4) is 5.75 Å². The van der Waals surface area contributed by atoms with Gasteiger partial charge in [-0.3, -0.25) is 0 Å². The van der Waals surface area contributed by atoms with Crippen LogP contribution in [-0.4, -0.2) is 23.6 Å². The molecular formula is C13H18O2S. The molecule has 2 rings (SSSR count). The summed E-state index contributed by atoms with van der Waals surface area (Å²) in [7, 11) is 0. The predicted molar refractivity (Wildman–Crippen MR) is 67.1 cm³/mol. The average Bonchev–Trinajstić information content (AvgIpc) is 2.33. The lowest BCUT2D eigenvalue weighted by Gasteiger charge is -2.28. The fraction of sp³-hybridized carbons (Fsp3) is 0.538. The lowest BCUT2D eigenvalue weighted by Crippen LogP contribution is -2.34. The molecule has 0 radical (unpaired) electrons. The number of thioether (sulfide) groups is 1. The van der Waals surface area contributed by atoms with E-state index in [0.717, 1.165) is 31.4 Å². The van der Waals surface area contributed by atoms with Gasteiger partial charge in [0.2, 0.25) is 0 Å². The summed E-state index contributed by atoms with van der Waals surface area (Å²) < 4.78 is 5.81. The number of hydrogen-bond acceptors (Lipinski definition) is 3. The molecule has 1 fully saturated rings. The smallest absolute Gasteiger partial charge is 0.124 e. The standard InChI is InChI=1S/C13H18O2S/c1-16-11-8-6-10(7-9-11)15-13-5-3-2-4-12(13)14/h6-9,12-14H,2-5H2,1H3. The molecule has 2 nitrogen and oxygen atoms in total. The van der Waals surface area contributed by atoms with Crippen molar-refractivity contribution in [1.29, 1.82) is 0 Å². The highest BCUT2D eigenvalue weighted by Gasteiger charge is 2.24. The molecule has 3 heteroatoms. The first-order valence-corrected chi connectivity index (χ1v) is 7.01. The van der Waals surface area contributed by atoms with E-state index in [9.17, 15) is 5.11 Å². The molecule has 2 unspecified atom stereocenters. The van der Waals surface area contributed by atoms with E-state index in [1.807, 2.05) is 12.1 Å². The zero-order chi connectivity index (χ0) is 11.4. The fourth-order valence-electron chi connectivity index (χ4n) is 2.04. The van der Waals surface area contributed by atoms with Crippen LogP contribution in [0.3, 0.4) is 0 Å². The van der Waals surface area contributed by atoms with Crippen molar-refractivity contribution in [3.05, 3.63) is 24.3 Å². The topological polar surface area (TPSA) is 29.5 Å². The van der Waals surface area contributed by atoms with Crippen LogP contribution in [0.25, 0.3) is 0 Å². The zero-order valence-corrected chi connectivity index (χ0v) is 10.4. The first kappa shape index (κ1) is 11.8. The Morgan fingerprint density at radius 3 is 2.50 bits per heavy atom. The van der Waals surface area contributed by atoms with Crippen molar-refractivity contribution in [1.82, 2.24) is 0 Å². The van der Waals surface area contributed by atoms with Gasteiger partial charge in [-0.05, 0) is 49.8 Å². The van der Waals surface area contributed by atoms with Crippen molar-refractivity contribution in [2.24, 2.45) is 0 Å². The molecule has 0 heterocycles. The minimum absolute atomic E-state index is 0.0196. The van der Waals surface area contributed by atoms with Gasteiger partial charge in [-0.15, -0.1) is 11.8 Å². The average molecular weight is 238 g/mol. The summed E-state index contributed by atoms with van der Waals surface area (Å²) in [5.41, 5.74) is 0. The van der Waals surface area contributed by atoms with E-state index < -0.39 is 0 Å². The van der Waals surface area contributed by atoms with Gasteiger partial charge >= 0.3 is 0 Å². The second kappa shape index (κ2) is 5.60. The normalized spacial score (nSPS) is 25.4. The highest BCUT2D eigenvalue weighted by atomic mass is 32.2. The summed E-state index contributed by atoms with van der Waals surface area (Å²) in [5.74, 6) is 0.865. The number of ether oxygens (including phenoxy) is 1. The summed E-state index contributed by atoms with van der Waals surface area (Å²) in [5, 5.41) is 9.80. The summed E-state index contributed by atoms with van der Waals surface area (Å²) >= 11 is 1.72. The van der Waals surface area contributed by atoms with Gasteiger partial charge in [0.05, 0.1) is 6.10 Å². The molecule has 0 aromatic heterocycles. The molecule has 0 bridgehead atoms. The Balaban J connectivity index is 1.96. The van der Waals surface area contributed by atoms with Gasteiger partial charge < -0.3 is 9.84 Å². The van der Waals surface area contributed by atoms with Crippen LogP contribution in [0.5, 0.6) is 5.75 Å². The molecule has 2 atom stereocenters. The number of rotatable bonds is 3. The highest BCUT2D eigenvalue weighted by Crippen LogP contribution is 2.25. The van der Waals surface area contributed by atoms with E-state index in [0.29, 0.717) is 0 Å². The molecule has 1 aliphatic carbocycles. The van der Waals surface area contributed by atoms with Crippen LogP contribution in [0.4, 0.5) is 0 Å². The molecular weight excluding hydrogens is 220 g/mol. The molecule has 1 aliphatic rings. The highest BCUT2D eigenvalue weighted by molar-refractivity contribution is 7.98. The Morgan fingerprint density at radius 1 is 1.19 bits per heavy atom. The summed E-state index contributed by atoms with van der Waals surface area (Å²) in [6.45, 7) is 0. The van der Waals surface area contributed by atoms with Gasteiger partial charge in [-0.25, -0.2) is 0 Å². The summed E-state index contributed by atoms with van der Waals surface area (Å²) in [6, 6.07) is 8.06. The van der Waals surface area contributed by atoms with Crippen LogP contribution in [0.2, 0.25) is 0 Å². The van der Waals surface area contributed by atoms with Crippen molar-refractivity contribution in [3.63, 3.8) is 0 Å². The Kier molecular flexibility index (Phi) is 4.13. The molecule has 88 valence electrons. The zero-order valence-electron chi connectivity index (χ0n) is 9.56. The van der Waals surface area contributed by atoms with Gasteiger partial charge in [0.25, 0.3) is 0 Å². The lowest BCUT2D eigenvalue weighted by atomic mass is 9.95. The predicted octanol–water partition coefficient (Wildman–Crippen LogP) is 3.09. The molecule has 0 spiro atoms. The first-order valence-electron chi connectivity index (χ1n) is 5.78. The largest absolute Gasteiger partial charge is 0.488 e. The van der Waals surface area contributed by atoms with E-state index in [1.165, 1.54) is 4.90 Å². The van der Waals surface area contributed by atoms with Crippen molar-refractivity contribution in [2.45, 2.75) is 42.8 Å². The molecule has 0 aliphatic heterocycles. The third-order valence-electron chi connectivity index (χ3n) is 3.01. The minimum atomic E-state index is -0.297. The van der Waals surface area contributed by atoms with Crippen LogP contribution in [-0.2, 0) is 0 Å². The maximum Gasteiger partial charge on any atom is 0.124 e. The van der Waals surface area contributed by atoms with Gasteiger partial charge in [0.1, 0.15) is 11.9 Å². The number of aliphatic hydroxyl groups excluding tert-OH is 1. The Bertz CT molecular complexity index is 323. The Hall–Kier alpha value is -0.670. The number of benzene rings is 1. The van der Waals surface area contributed by atoms with Crippen LogP contribution in [0.15, 0.2) is 29.2 Å². The van der Waals surface area contributed by atoms with Gasteiger partial charge in [-0.2, -0.15) is 0 Å². The maximum absolute atomic E-state index is 9.80. The van der Waals surface area contributed by atoms with Crippen molar-refractivity contribution < 1.29 is 9.84 Å². The number of hydrogen-bond donors (Lipinski definition) is 1. The van der Waals surface area contributed by atoms with Crippen molar-refractivity contribution in [2.75, 3.05) is 6.26 Å². The Labute approximate surface area is 101 Å². The number of aliphatic hydroxyl groups is 1. The monoisotopic (exact) mass is 238 g/mol. The van der Waals surface area contributed by atoms with E-state index >= 15 is 0 Å². The van der Waals surface area contributed by atoms with E-state index in [1.54, 1.807) is 11.8 Å². The first-order chi connectivity index (χ1) is 7.79. The second-order valence-electron chi connectivity index (χ2n) is 4.18. The molecule has 1 saturated carbocycles. The molecule has 1 N–H and O–H groups in total. The van der Waals surface area contributed by atoms with Gasteiger partial charge in [0.15, 0.2) is 0 Å². The van der Waals surface area contributed by atoms with E-state index in [-0.39, 0.29) is 12.2 Å². The summed E-state index contributed by atoms with van der Waals surface area (Å²) in [4.78, 5) is 1.23. The van der Waals surface area contributed by atoms with Crippen molar-refractivity contribution >= 4 is 11.8 Å². The molecule has 0 saturated heterocycles. The second-order valence-corrected chi connectivity index (χ2v) is 5.06. The van der Waals surface area contributed by atoms with Crippen LogP contribution < -0.4 is 4.74 Å². The molecule has 0 amide bonds. The molecule has 16 heavy (non-hydrogen) atoms. The van der Waals surface area contributed by atoms with Crippen LogP contribution in [0, 0.1) is 0 Å². The third kappa shape index (κ3) is 2.92.